The minimum atomic E-state index is 0.177. The van der Waals surface area contributed by atoms with Gasteiger partial charge in [-0.05, 0) is 44.6 Å². The molecule has 2 saturated heterocycles. The van der Waals surface area contributed by atoms with Gasteiger partial charge in [0, 0.05) is 25.2 Å². The van der Waals surface area contributed by atoms with Crippen LogP contribution in [-0.2, 0) is 4.79 Å². The first-order valence-corrected chi connectivity index (χ1v) is 7.57. The van der Waals surface area contributed by atoms with E-state index in [0.717, 1.165) is 12.5 Å². The topological polar surface area (TPSA) is 44.4 Å². The maximum absolute atomic E-state index is 11.7. The molecule has 4 heteroatoms. The fraction of sp³-hybridized carbons (Fsp3) is 0.929. The van der Waals surface area contributed by atoms with Gasteiger partial charge in [-0.1, -0.05) is 6.42 Å². The van der Waals surface area contributed by atoms with Crippen LogP contribution in [-0.4, -0.2) is 49.1 Å². The minimum Gasteiger partial charge on any atom is -0.355 e. The molecule has 2 N–H and O–H groups in total. The number of nitrogens with zero attached hydrogens (tertiary/aromatic N) is 1. The number of amides is 1. The van der Waals surface area contributed by atoms with Crippen LogP contribution in [0.3, 0.4) is 0 Å². The fourth-order valence-corrected chi connectivity index (χ4v) is 3.35. The number of carbonyl (C=O) groups excluding carboxylic acids is 1. The van der Waals surface area contributed by atoms with Gasteiger partial charge in [-0.2, -0.15) is 0 Å². The lowest BCUT2D eigenvalue weighted by Gasteiger charge is -2.32. The third kappa shape index (κ3) is 3.04. The Labute approximate surface area is 109 Å². The summed E-state index contributed by atoms with van der Waals surface area (Å²) in [6, 6.07) is 1.23. The van der Waals surface area contributed by atoms with Gasteiger partial charge >= 0.3 is 0 Å². The van der Waals surface area contributed by atoms with Crippen LogP contribution >= 0.6 is 0 Å². The molecule has 2 unspecified atom stereocenters. The number of nitrogens with one attached hydrogen (secondary N) is 2. The molecular weight excluding hydrogens is 226 g/mol. The average molecular weight is 251 g/mol. The predicted molar refractivity (Wildman–Crippen MR) is 71.4 cm³/mol. The Morgan fingerprint density at radius 2 is 2.00 bits per heavy atom. The molecule has 2 heterocycles. The molecule has 1 aliphatic carbocycles. The van der Waals surface area contributed by atoms with Crippen molar-refractivity contribution in [3.05, 3.63) is 0 Å². The van der Waals surface area contributed by atoms with E-state index in [0.29, 0.717) is 18.6 Å². The van der Waals surface area contributed by atoms with E-state index in [1.165, 1.54) is 51.6 Å². The highest BCUT2D eigenvalue weighted by molar-refractivity contribution is 5.78. The Bertz CT molecular complexity index is 303. The maximum Gasteiger partial charge on any atom is 0.233 e. The van der Waals surface area contributed by atoms with Crippen molar-refractivity contribution in [1.29, 1.82) is 0 Å². The molecule has 1 amide bonds. The molecule has 0 spiro atoms. The van der Waals surface area contributed by atoms with E-state index in [4.69, 9.17) is 0 Å². The van der Waals surface area contributed by atoms with Gasteiger partial charge in [0.15, 0.2) is 0 Å². The number of hydrogen-bond acceptors (Lipinski definition) is 3. The Kier molecular flexibility index (Phi) is 3.85. The SMILES string of the molecule is O=C(CNC1CCN2CCCCC12)NCC1CC1. The van der Waals surface area contributed by atoms with E-state index in [1.54, 1.807) is 0 Å². The Morgan fingerprint density at radius 3 is 2.83 bits per heavy atom. The van der Waals surface area contributed by atoms with Crippen molar-refractivity contribution >= 4 is 5.91 Å². The second-order valence-corrected chi connectivity index (χ2v) is 6.12. The van der Waals surface area contributed by atoms with Gasteiger partial charge in [0.25, 0.3) is 0 Å². The lowest BCUT2D eigenvalue weighted by molar-refractivity contribution is -0.120. The second-order valence-electron chi connectivity index (χ2n) is 6.12. The smallest absolute Gasteiger partial charge is 0.233 e. The molecule has 0 aromatic heterocycles. The quantitative estimate of drug-likeness (QED) is 0.757. The molecule has 1 saturated carbocycles. The molecule has 0 radical (unpaired) electrons. The largest absolute Gasteiger partial charge is 0.355 e. The molecule has 0 aromatic carbocycles. The Hall–Kier alpha value is -0.610. The molecule has 3 aliphatic rings. The van der Waals surface area contributed by atoms with E-state index in [1.807, 2.05) is 0 Å². The Morgan fingerprint density at radius 1 is 1.11 bits per heavy atom. The molecule has 4 nitrogen and oxygen atoms in total. The second kappa shape index (κ2) is 5.57. The van der Waals surface area contributed by atoms with Gasteiger partial charge in [-0.25, -0.2) is 0 Å². The maximum atomic E-state index is 11.7. The first-order valence-electron chi connectivity index (χ1n) is 7.57. The normalized spacial score (nSPS) is 32.2. The highest BCUT2D eigenvalue weighted by atomic mass is 16.1. The van der Waals surface area contributed by atoms with E-state index in [-0.39, 0.29) is 5.91 Å². The third-order valence-electron chi connectivity index (χ3n) is 4.67. The van der Waals surface area contributed by atoms with Crippen LogP contribution in [0.2, 0.25) is 0 Å². The zero-order valence-corrected chi connectivity index (χ0v) is 11.2. The molecule has 102 valence electrons. The number of rotatable bonds is 5. The summed E-state index contributed by atoms with van der Waals surface area (Å²) in [6.45, 7) is 3.87. The molecule has 0 bridgehead atoms. The summed E-state index contributed by atoms with van der Waals surface area (Å²) in [5.41, 5.74) is 0. The first kappa shape index (κ1) is 12.4. The van der Waals surface area contributed by atoms with Crippen molar-refractivity contribution in [3.8, 4) is 0 Å². The summed E-state index contributed by atoms with van der Waals surface area (Å²) in [7, 11) is 0. The number of hydrogen-bond donors (Lipinski definition) is 2. The summed E-state index contributed by atoms with van der Waals surface area (Å²) in [5, 5.41) is 6.50. The zero-order chi connectivity index (χ0) is 12.4. The molecular formula is C14H25N3O. The average Bonchev–Trinajstić information content (AvgIpc) is 3.14. The van der Waals surface area contributed by atoms with Crippen LogP contribution in [0.5, 0.6) is 0 Å². The van der Waals surface area contributed by atoms with E-state index < -0.39 is 0 Å². The lowest BCUT2D eigenvalue weighted by Crippen LogP contribution is -2.47. The summed E-state index contributed by atoms with van der Waals surface area (Å²) in [4.78, 5) is 14.3. The van der Waals surface area contributed by atoms with Crippen molar-refractivity contribution in [2.45, 2.75) is 50.6 Å². The number of fused-ring (bicyclic) bond motifs is 1. The zero-order valence-electron chi connectivity index (χ0n) is 11.2. The van der Waals surface area contributed by atoms with Crippen molar-refractivity contribution in [2.75, 3.05) is 26.2 Å². The van der Waals surface area contributed by atoms with Crippen LogP contribution in [0.4, 0.5) is 0 Å². The van der Waals surface area contributed by atoms with Crippen molar-refractivity contribution < 1.29 is 4.79 Å². The summed E-state index contributed by atoms with van der Waals surface area (Å²) in [6.07, 6.45) is 7.82. The fourth-order valence-electron chi connectivity index (χ4n) is 3.35. The van der Waals surface area contributed by atoms with Crippen LogP contribution in [0.15, 0.2) is 0 Å². The molecule has 2 atom stereocenters. The van der Waals surface area contributed by atoms with Crippen LogP contribution in [0.25, 0.3) is 0 Å². The summed E-state index contributed by atoms with van der Waals surface area (Å²) >= 11 is 0. The minimum absolute atomic E-state index is 0.177. The van der Waals surface area contributed by atoms with Gasteiger partial charge in [0.05, 0.1) is 6.54 Å². The monoisotopic (exact) mass is 251 g/mol. The highest BCUT2D eigenvalue weighted by Crippen LogP contribution is 2.28. The number of piperidine rings is 1. The highest BCUT2D eigenvalue weighted by Gasteiger charge is 2.35. The number of carbonyl (C=O) groups is 1. The van der Waals surface area contributed by atoms with Gasteiger partial charge in [0.2, 0.25) is 5.91 Å². The molecule has 3 rings (SSSR count). The van der Waals surface area contributed by atoms with E-state index in [9.17, 15) is 4.79 Å². The van der Waals surface area contributed by atoms with Crippen molar-refractivity contribution in [1.82, 2.24) is 15.5 Å². The van der Waals surface area contributed by atoms with Crippen LogP contribution in [0.1, 0.15) is 38.5 Å². The van der Waals surface area contributed by atoms with Crippen LogP contribution in [0, 0.1) is 5.92 Å². The van der Waals surface area contributed by atoms with Crippen molar-refractivity contribution in [2.24, 2.45) is 5.92 Å². The first-order chi connectivity index (χ1) is 8.83. The van der Waals surface area contributed by atoms with Gasteiger partial charge in [0.1, 0.15) is 0 Å². The van der Waals surface area contributed by atoms with E-state index in [2.05, 4.69) is 15.5 Å². The molecule has 18 heavy (non-hydrogen) atoms. The van der Waals surface area contributed by atoms with Crippen LogP contribution < -0.4 is 10.6 Å². The third-order valence-corrected chi connectivity index (χ3v) is 4.67. The molecule has 3 fully saturated rings. The summed E-state index contributed by atoms with van der Waals surface area (Å²) in [5.74, 6) is 0.949. The van der Waals surface area contributed by atoms with Gasteiger partial charge < -0.3 is 10.6 Å². The molecule has 0 aromatic rings. The van der Waals surface area contributed by atoms with E-state index >= 15 is 0 Å². The standard InChI is InChI=1S/C14H25N3O/c18-14(16-9-11-4-5-11)10-15-12-6-8-17-7-2-1-3-13(12)17/h11-13,15H,1-10H2,(H,16,18). The Balaban J connectivity index is 1.38. The predicted octanol–water partition coefficient (Wildman–Crippen LogP) is 0.729. The van der Waals surface area contributed by atoms with Gasteiger partial charge in [-0.3, -0.25) is 9.69 Å². The summed E-state index contributed by atoms with van der Waals surface area (Å²) < 4.78 is 0. The van der Waals surface area contributed by atoms with Crippen molar-refractivity contribution in [3.63, 3.8) is 0 Å². The van der Waals surface area contributed by atoms with Gasteiger partial charge in [-0.15, -0.1) is 0 Å². The molecule has 2 aliphatic heterocycles. The lowest BCUT2D eigenvalue weighted by atomic mass is 9.99.